The van der Waals surface area contributed by atoms with Crippen LogP contribution in [0.5, 0.6) is 5.75 Å². The van der Waals surface area contributed by atoms with E-state index in [9.17, 15) is 9.59 Å². The predicted molar refractivity (Wildman–Crippen MR) is 120 cm³/mol. The summed E-state index contributed by atoms with van der Waals surface area (Å²) in [7, 11) is 0. The molecule has 3 rings (SSSR count). The summed E-state index contributed by atoms with van der Waals surface area (Å²) < 4.78 is 5.43. The Morgan fingerprint density at radius 3 is 2.43 bits per heavy atom. The van der Waals surface area contributed by atoms with Crippen LogP contribution >= 0.6 is 0 Å². The zero-order valence-corrected chi connectivity index (χ0v) is 17.2. The van der Waals surface area contributed by atoms with Crippen LogP contribution in [-0.2, 0) is 4.79 Å². The molecule has 0 aliphatic carbocycles. The Balaban J connectivity index is 1.51. The maximum atomic E-state index is 12.8. The molecule has 2 N–H and O–H groups in total. The minimum Gasteiger partial charge on any atom is -0.490 e. The first kappa shape index (κ1) is 21.4. The van der Waals surface area contributed by atoms with Crippen LogP contribution in [0, 0.1) is 0 Å². The lowest BCUT2D eigenvalue weighted by atomic mass is 10.1. The van der Waals surface area contributed by atoms with Crippen LogP contribution in [0.4, 0.5) is 11.4 Å². The minimum absolute atomic E-state index is 0.0590. The number of hydrogen-bond donors (Lipinski definition) is 2. The van der Waals surface area contributed by atoms with Crippen molar-refractivity contribution in [3.8, 4) is 5.75 Å². The molecule has 2 aromatic carbocycles. The third kappa shape index (κ3) is 6.37. The fraction of sp³-hybridized carbons (Fsp3) is 0.333. The molecular formula is C24H29N3O3. The smallest absolute Gasteiger partial charge is 0.253 e. The van der Waals surface area contributed by atoms with Crippen LogP contribution < -0.4 is 15.4 Å². The molecule has 0 radical (unpaired) electrons. The number of hydrogen-bond acceptors (Lipinski definition) is 4. The van der Waals surface area contributed by atoms with Gasteiger partial charge < -0.3 is 20.3 Å². The van der Waals surface area contributed by atoms with Gasteiger partial charge in [0.25, 0.3) is 5.91 Å². The molecule has 1 heterocycles. The van der Waals surface area contributed by atoms with E-state index in [0.717, 1.165) is 37.4 Å². The van der Waals surface area contributed by atoms with Gasteiger partial charge in [0.1, 0.15) is 12.4 Å². The van der Waals surface area contributed by atoms with E-state index in [-0.39, 0.29) is 18.4 Å². The maximum absolute atomic E-state index is 12.8. The number of amides is 2. The molecule has 30 heavy (non-hydrogen) atoms. The summed E-state index contributed by atoms with van der Waals surface area (Å²) in [5.41, 5.74) is 2.09. The Morgan fingerprint density at radius 1 is 1.00 bits per heavy atom. The average molecular weight is 408 g/mol. The number of benzene rings is 2. The van der Waals surface area contributed by atoms with E-state index in [0.29, 0.717) is 17.9 Å². The van der Waals surface area contributed by atoms with Crippen LogP contribution in [0.15, 0.2) is 61.2 Å². The topological polar surface area (TPSA) is 70.7 Å². The van der Waals surface area contributed by atoms with E-state index < -0.39 is 0 Å². The molecule has 2 amide bonds. The summed E-state index contributed by atoms with van der Waals surface area (Å²) in [6.45, 7) is 5.79. The highest BCUT2D eigenvalue weighted by Crippen LogP contribution is 2.17. The zero-order valence-electron chi connectivity index (χ0n) is 17.2. The molecule has 1 fully saturated rings. The molecule has 1 aliphatic rings. The largest absolute Gasteiger partial charge is 0.490 e. The molecule has 1 aliphatic heterocycles. The third-order valence-electron chi connectivity index (χ3n) is 4.96. The highest BCUT2D eigenvalue weighted by Gasteiger charge is 2.17. The van der Waals surface area contributed by atoms with Crippen molar-refractivity contribution in [3.63, 3.8) is 0 Å². The first-order chi connectivity index (χ1) is 14.7. The molecule has 0 bridgehead atoms. The number of rotatable bonds is 8. The van der Waals surface area contributed by atoms with Gasteiger partial charge >= 0.3 is 0 Å². The van der Waals surface area contributed by atoms with Gasteiger partial charge in [-0.25, -0.2) is 0 Å². The third-order valence-corrected chi connectivity index (χ3v) is 4.96. The van der Waals surface area contributed by atoms with E-state index in [1.54, 1.807) is 30.3 Å². The Labute approximate surface area is 177 Å². The molecule has 0 unspecified atom stereocenters. The molecule has 158 valence electrons. The Kier molecular flexibility index (Phi) is 7.89. The number of nitrogens with zero attached hydrogens (tertiary/aromatic N) is 1. The van der Waals surface area contributed by atoms with Crippen molar-refractivity contribution in [2.45, 2.75) is 25.7 Å². The molecule has 6 nitrogen and oxygen atoms in total. The lowest BCUT2D eigenvalue weighted by molar-refractivity contribution is -0.114. The summed E-state index contributed by atoms with van der Waals surface area (Å²) >= 11 is 0. The lowest BCUT2D eigenvalue weighted by Gasteiger charge is -2.20. The van der Waals surface area contributed by atoms with Crippen molar-refractivity contribution in [1.82, 2.24) is 4.90 Å². The van der Waals surface area contributed by atoms with Crippen LogP contribution in [0.1, 0.15) is 36.0 Å². The molecule has 0 atom stereocenters. The molecule has 6 heteroatoms. The number of carbonyl (C=O) groups excluding carboxylic acids is 2. The van der Waals surface area contributed by atoms with Gasteiger partial charge in [0.15, 0.2) is 0 Å². The highest BCUT2D eigenvalue weighted by atomic mass is 16.5. The second kappa shape index (κ2) is 11.0. The van der Waals surface area contributed by atoms with Crippen LogP contribution in [-0.4, -0.2) is 43.0 Å². The van der Waals surface area contributed by atoms with Gasteiger partial charge in [0, 0.05) is 30.0 Å². The molecule has 0 aromatic heterocycles. The van der Waals surface area contributed by atoms with Crippen LogP contribution in [0.2, 0.25) is 0 Å². The van der Waals surface area contributed by atoms with Gasteiger partial charge in [0.05, 0.1) is 6.54 Å². The molecule has 1 saturated heterocycles. The number of likely N-dealkylation sites (tertiary alicyclic amines) is 1. The zero-order chi connectivity index (χ0) is 21.2. The Bertz CT molecular complexity index is 856. The summed E-state index contributed by atoms with van der Waals surface area (Å²) in [4.78, 5) is 27.0. The molecular weight excluding hydrogens is 378 g/mol. The summed E-state index contributed by atoms with van der Waals surface area (Å²) in [5.74, 6) is 0.611. The fourth-order valence-electron chi connectivity index (χ4n) is 3.40. The van der Waals surface area contributed by atoms with E-state index in [1.807, 2.05) is 29.2 Å². The van der Waals surface area contributed by atoms with E-state index in [1.165, 1.54) is 12.8 Å². The standard InChI is InChI=1S/C24H29N3O3/c1-2-16-30-22-12-10-20(11-13-22)26-23(28)18-25-21-9-7-8-19(17-21)24(29)27-14-5-3-4-6-15-27/h2,7-13,17,25H,1,3-6,14-16,18H2,(H,26,28). The van der Waals surface area contributed by atoms with Crippen LogP contribution in [0.25, 0.3) is 0 Å². The van der Waals surface area contributed by atoms with Crippen molar-refractivity contribution in [1.29, 1.82) is 0 Å². The second-order valence-electron chi connectivity index (χ2n) is 7.31. The number of nitrogens with one attached hydrogen (secondary N) is 2. The number of anilines is 2. The first-order valence-corrected chi connectivity index (χ1v) is 10.4. The van der Waals surface area contributed by atoms with Gasteiger partial charge in [-0.05, 0) is 55.3 Å². The predicted octanol–water partition coefficient (Wildman–Crippen LogP) is 4.32. The van der Waals surface area contributed by atoms with E-state index in [4.69, 9.17) is 4.74 Å². The summed E-state index contributed by atoms with van der Waals surface area (Å²) in [6, 6.07) is 14.5. The normalized spacial score (nSPS) is 13.8. The van der Waals surface area contributed by atoms with Crippen molar-refractivity contribution in [2.24, 2.45) is 0 Å². The number of ether oxygens (including phenoxy) is 1. The minimum atomic E-state index is -0.168. The fourth-order valence-corrected chi connectivity index (χ4v) is 3.40. The van der Waals surface area contributed by atoms with E-state index >= 15 is 0 Å². The monoisotopic (exact) mass is 407 g/mol. The summed E-state index contributed by atoms with van der Waals surface area (Å²) in [5, 5.41) is 5.94. The maximum Gasteiger partial charge on any atom is 0.253 e. The first-order valence-electron chi connectivity index (χ1n) is 10.4. The SMILES string of the molecule is C=CCOc1ccc(NC(=O)CNc2cccc(C(=O)N3CCCCCC3)c2)cc1. The molecule has 0 spiro atoms. The van der Waals surface area contributed by atoms with Gasteiger partial charge in [0.2, 0.25) is 5.91 Å². The lowest BCUT2D eigenvalue weighted by Crippen LogP contribution is -2.31. The van der Waals surface area contributed by atoms with Crippen molar-refractivity contribution < 1.29 is 14.3 Å². The van der Waals surface area contributed by atoms with Gasteiger partial charge in [-0.2, -0.15) is 0 Å². The van der Waals surface area contributed by atoms with Crippen LogP contribution in [0.3, 0.4) is 0 Å². The quantitative estimate of drug-likeness (QED) is 0.640. The Hall–Kier alpha value is -3.28. The van der Waals surface area contributed by atoms with Crippen molar-refractivity contribution >= 4 is 23.2 Å². The average Bonchev–Trinajstić information content (AvgIpc) is 3.06. The van der Waals surface area contributed by atoms with E-state index in [2.05, 4.69) is 17.2 Å². The second-order valence-corrected chi connectivity index (χ2v) is 7.31. The van der Waals surface area contributed by atoms with Gasteiger partial charge in [-0.15, -0.1) is 0 Å². The van der Waals surface area contributed by atoms with Gasteiger partial charge in [-0.3, -0.25) is 9.59 Å². The van der Waals surface area contributed by atoms with Crippen molar-refractivity contribution in [3.05, 3.63) is 66.7 Å². The summed E-state index contributed by atoms with van der Waals surface area (Å²) in [6.07, 6.45) is 6.17. The van der Waals surface area contributed by atoms with Crippen molar-refractivity contribution in [2.75, 3.05) is 36.9 Å². The van der Waals surface area contributed by atoms with Gasteiger partial charge in [-0.1, -0.05) is 31.6 Å². The highest BCUT2D eigenvalue weighted by molar-refractivity contribution is 5.96. The molecule has 0 saturated carbocycles. The molecule has 2 aromatic rings. The Morgan fingerprint density at radius 2 is 1.73 bits per heavy atom. The number of carbonyl (C=O) groups is 2.